The van der Waals surface area contributed by atoms with E-state index in [0.29, 0.717) is 24.2 Å². The standard InChI is InChI=1S/C12H17N3O3/c1-9-6-10(8-11(7-9)15(17)18)12(16)14-5-3-2-4-13/h6-8H,2-5,13H2,1H3,(H,14,16). The molecule has 1 amide bonds. The molecule has 0 radical (unpaired) electrons. The van der Waals surface area contributed by atoms with Crippen LogP contribution in [0.1, 0.15) is 28.8 Å². The fraction of sp³-hybridized carbons (Fsp3) is 0.417. The van der Waals surface area contributed by atoms with Gasteiger partial charge in [0.1, 0.15) is 0 Å². The van der Waals surface area contributed by atoms with Gasteiger partial charge in [0.15, 0.2) is 0 Å². The number of aryl methyl sites for hydroxylation is 1. The zero-order valence-electron chi connectivity index (χ0n) is 10.3. The molecule has 0 aliphatic heterocycles. The van der Waals surface area contributed by atoms with Crippen LogP contribution in [-0.4, -0.2) is 23.9 Å². The molecule has 1 rings (SSSR count). The predicted molar refractivity (Wildman–Crippen MR) is 68.5 cm³/mol. The number of nitrogens with one attached hydrogen (secondary N) is 1. The van der Waals surface area contributed by atoms with Crippen molar-refractivity contribution in [3.8, 4) is 0 Å². The van der Waals surface area contributed by atoms with Crippen LogP contribution < -0.4 is 11.1 Å². The Morgan fingerprint density at radius 2 is 2.11 bits per heavy atom. The number of nitro benzene ring substituents is 1. The second-order valence-electron chi connectivity index (χ2n) is 4.07. The summed E-state index contributed by atoms with van der Waals surface area (Å²) in [6.45, 7) is 2.84. The van der Waals surface area contributed by atoms with E-state index in [1.54, 1.807) is 13.0 Å². The minimum Gasteiger partial charge on any atom is -0.352 e. The van der Waals surface area contributed by atoms with Gasteiger partial charge in [0, 0.05) is 24.2 Å². The van der Waals surface area contributed by atoms with E-state index in [0.717, 1.165) is 12.8 Å². The summed E-state index contributed by atoms with van der Waals surface area (Å²) in [7, 11) is 0. The van der Waals surface area contributed by atoms with Crippen molar-refractivity contribution < 1.29 is 9.72 Å². The van der Waals surface area contributed by atoms with Gasteiger partial charge in [-0.2, -0.15) is 0 Å². The first-order chi connectivity index (χ1) is 8.54. The molecule has 0 aliphatic rings. The maximum atomic E-state index is 11.8. The van der Waals surface area contributed by atoms with Gasteiger partial charge in [-0.25, -0.2) is 0 Å². The smallest absolute Gasteiger partial charge is 0.270 e. The molecule has 0 heterocycles. The van der Waals surface area contributed by atoms with Crippen molar-refractivity contribution in [2.75, 3.05) is 13.1 Å². The number of hydrogen-bond acceptors (Lipinski definition) is 4. The molecule has 0 saturated carbocycles. The van der Waals surface area contributed by atoms with E-state index in [4.69, 9.17) is 5.73 Å². The number of carbonyl (C=O) groups is 1. The van der Waals surface area contributed by atoms with Crippen LogP contribution in [0.4, 0.5) is 5.69 Å². The van der Waals surface area contributed by atoms with Crippen molar-refractivity contribution in [1.29, 1.82) is 0 Å². The van der Waals surface area contributed by atoms with Crippen molar-refractivity contribution >= 4 is 11.6 Å². The summed E-state index contributed by atoms with van der Waals surface area (Å²) in [5.41, 5.74) is 6.28. The maximum absolute atomic E-state index is 11.8. The summed E-state index contributed by atoms with van der Waals surface area (Å²) >= 11 is 0. The number of nitrogens with zero attached hydrogens (tertiary/aromatic N) is 1. The number of unbranched alkanes of at least 4 members (excludes halogenated alkanes) is 1. The Labute approximate surface area is 105 Å². The molecule has 0 fully saturated rings. The van der Waals surface area contributed by atoms with Crippen LogP contribution in [-0.2, 0) is 0 Å². The van der Waals surface area contributed by atoms with E-state index in [1.807, 2.05) is 0 Å². The van der Waals surface area contributed by atoms with Crippen molar-refractivity contribution in [3.05, 3.63) is 39.4 Å². The van der Waals surface area contributed by atoms with Gasteiger partial charge in [-0.05, 0) is 37.9 Å². The van der Waals surface area contributed by atoms with Gasteiger partial charge in [-0.15, -0.1) is 0 Å². The first-order valence-electron chi connectivity index (χ1n) is 5.79. The minimum atomic E-state index is -0.502. The summed E-state index contributed by atoms with van der Waals surface area (Å²) in [5, 5.41) is 13.4. The lowest BCUT2D eigenvalue weighted by Crippen LogP contribution is -2.25. The molecule has 0 atom stereocenters. The highest BCUT2D eigenvalue weighted by atomic mass is 16.6. The molecule has 0 saturated heterocycles. The first-order valence-corrected chi connectivity index (χ1v) is 5.79. The number of non-ortho nitro benzene ring substituents is 1. The molecule has 6 heteroatoms. The molecule has 0 unspecified atom stereocenters. The Morgan fingerprint density at radius 3 is 2.72 bits per heavy atom. The molecule has 1 aromatic carbocycles. The van der Waals surface area contributed by atoms with Crippen LogP contribution >= 0.6 is 0 Å². The molecule has 18 heavy (non-hydrogen) atoms. The summed E-state index contributed by atoms with van der Waals surface area (Å²) in [6, 6.07) is 4.35. The predicted octanol–water partition coefficient (Wildman–Crippen LogP) is 1.37. The lowest BCUT2D eigenvalue weighted by atomic mass is 10.1. The third-order valence-electron chi connectivity index (χ3n) is 2.45. The molecule has 98 valence electrons. The molecular weight excluding hydrogens is 234 g/mol. The van der Waals surface area contributed by atoms with E-state index in [2.05, 4.69) is 5.32 Å². The quantitative estimate of drug-likeness (QED) is 0.453. The number of amides is 1. The fourth-order valence-electron chi connectivity index (χ4n) is 1.57. The van der Waals surface area contributed by atoms with E-state index in [-0.39, 0.29) is 11.6 Å². The fourth-order valence-corrected chi connectivity index (χ4v) is 1.57. The van der Waals surface area contributed by atoms with Crippen molar-refractivity contribution in [2.45, 2.75) is 19.8 Å². The first kappa shape index (κ1) is 14.1. The second-order valence-corrected chi connectivity index (χ2v) is 4.07. The Morgan fingerprint density at radius 1 is 1.39 bits per heavy atom. The van der Waals surface area contributed by atoms with Crippen molar-refractivity contribution in [3.63, 3.8) is 0 Å². The number of benzene rings is 1. The normalized spacial score (nSPS) is 10.1. The summed E-state index contributed by atoms with van der Waals surface area (Å²) < 4.78 is 0. The maximum Gasteiger partial charge on any atom is 0.270 e. The highest BCUT2D eigenvalue weighted by Crippen LogP contribution is 2.16. The topological polar surface area (TPSA) is 98.3 Å². The highest BCUT2D eigenvalue weighted by molar-refractivity contribution is 5.95. The van der Waals surface area contributed by atoms with E-state index >= 15 is 0 Å². The Kier molecular flexibility index (Phi) is 5.26. The van der Waals surface area contributed by atoms with Gasteiger partial charge in [-0.3, -0.25) is 14.9 Å². The van der Waals surface area contributed by atoms with E-state index < -0.39 is 4.92 Å². The van der Waals surface area contributed by atoms with Crippen LogP contribution in [0.3, 0.4) is 0 Å². The van der Waals surface area contributed by atoms with Crippen molar-refractivity contribution in [2.24, 2.45) is 5.73 Å². The van der Waals surface area contributed by atoms with E-state index in [1.165, 1.54) is 12.1 Å². The van der Waals surface area contributed by atoms with Crippen LogP contribution in [0.2, 0.25) is 0 Å². The van der Waals surface area contributed by atoms with Gasteiger partial charge in [0.2, 0.25) is 0 Å². The lowest BCUT2D eigenvalue weighted by molar-refractivity contribution is -0.384. The minimum absolute atomic E-state index is 0.0675. The molecule has 0 spiro atoms. The van der Waals surface area contributed by atoms with Gasteiger partial charge >= 0.3 is 0 Å². The van der Waals surface area contributed by atoms with E-state index in [9.17, 15) is 14.9 Å². The Bertz CT molecular complexity index is 446. The van der Waals surface area contributed by atoms with Crippen LogP contribution in [0.25, 0.3) is 0 Å². The summed E-state index contributed by atoms with van der Waals surface area (Å²) in [5.74, 6) is -0.293. The van der Waals surface area contributed by atoms with Crippen LogP contribution in [0, 0.1) is 17.0 Å². The van der Waals surface area contributed by atoms with Gasteiger partial charge in [-0.1, -0.05) is 0 Å². The number of nitrogens with two attached hydrogens (primary N) is 1. The zero-order valence-corrected chi connectivity index (χ0v) is 10.3. The second kappa shape index (κ2) is 6.70. The van der Waals surface area contributed by atoms with Gasteiger partial charge in [0.25, 0.3) is 11.6 Å². The molecule has 3 N–H and O–H groups in total. The molecule has 0 bridgehead atoms. The average Bonchev–Trinajstić information content (AvgIpc) is 2.33. The highest BCUT2D eigenvalue weighted by Gasteiger charge is 2.12. The third-order valence-corrected chi connectivity index (χ3v) is 2.45. The molecule has 6 nitrogen and oxygen atoms in total. The summed E-state index contributed by atoms with van der Waals surface area (Å²) in [4.78, 5) is 22.0. The third kappa shape index (κ3) is 4.14. The number of hydrogen-bond donors (Lipinski definition) is 2. The van der Waals surface area contributed by atoms with Gasteiger partial charge < -0.3 is 11.1 Å². The SMILES string of the molecule is Cc1cc(C(=O)NCCCCN)cc([N+](=O)[O-])c1. The molecular formula is C12H17N3O3. The largest absolute Gasteiger partial charge is 0.352 e. The van der Waals surface area contributed by atoms with Gasteiger partial charge in [0.05, 0.1) is 4.92 Å². The number of nitro groups is 1. The molecule has 0 aliphatic carbocycles. The Balaban J connectivity index is 2.70. The van der Waals surface area contributed by atoms with Crippen molar-refractivity contribution in [1.82, 2.24) is 5.32 Å². The number of carbonyl (C=O) groups excluding carboxylic acids is 1. The zero-order chi connectivity index (χ0) is 13.5. The number of rotatable bonds is 6. The Hall–Kier alpha value is -1.95. The molecule has 0 aromatic heterocycles. The summed E-state index contributed by atoms with van der Waals surface area (Å²) in [6.07, 6.45) is 1.64. The molecule has 1 aromatic rings. The monoisotopic (exact) mass is 251 g/mol. The average molecular weight is 251 g/mol. The lowest BCUT2D eigenvalue weighted by Gasteiger charge is -2.05. The van der Waals surface area contributed by atoms with Crippen LogP contribution in [0.5, 0.6) is 0 Å². The van der Waals surface area contributed by atoms with Crippen LogP contribution in [0.15, 0.2) is 18.2 Å².